The summed E-state index contributed by atoms with van der Waals surface area (Å²) in [7, 11) is 0. The summed E-state index contributed by atoms with van der Waals surface area (Å²) in [5.74, 6) is 0. The first-order valence-corrected chi connectivity index (χ1v) is 8.79. The van der Waals surface area contributed by atoms with Gasteiger partial charge in [0.05, 0.1) is 17.2 Å². The van der Waals surface area contributed by atoms with Crippen LogP contribution in [0.2, 0.25) is 0 Å². The smallest absolute Gasteiger partial charge is 0.251 e. The van der Waals surface area contributed by atoms with Crippen molar-refractivity contribution in [3.63, 3.8) is 0 Å². The lowest BCUT2D eigenvalue weighted by Gasteiger charge is -2.29. The molecule has 0 spiro atoms. The molecule has 118 valence electrons. The number of aromatic nitrogens is 2. The Labute approximate surface area is 135 Å². The van der Waals surface area contributed by atoms with Crippen molar-refractivity contribution in [2.24, 2.45) is 0 Å². The van der Waals surface area contributed by atoms with Crippen LogP contribution in [-0.4, -0.2) is 21.6 Å². The predicted molar refractivity (Wildman–Crippen MR) is 90.7 cm³/mol. The van der Waals surface area contributed by atoms with Crippen LogP contribution in [-0.2, 0) is 19.4 Å². The van der Waals surface area contributed by atoms with Crippen molar-refractivity contribution in [3.8, 4) is 0 Å². The quantitative estimate of drug-likeness (QED) is 0.942. The Kier molecular flexibility index (Phi) is 4.45. The number of thiazole rings is 1. The summed E-state index contributed by atoms with van der Waals surface area (Å²) in [5.41, 5.74) is 3.57. The number of pyridine rings is 1. The molecular weight excluding hydrogens is 294 g/mol. The fraction of sp³-hybridized carbons (Fsp3) is 0.529. The van der Waals surface area contributed by atoms with E-state index >= 15 is 0 Å². The highest BCUT2D eigenvalue weighted by molar-refractivity contribution is 7.09. The van der Waals surface area contributed by atoms with Crippen LogP contribution in [0.4, 0.5) is 0 Å². The summed E-state index contributed by atoms with van der Waals surface area (Å²) < 4.78 is 1.91. The van der Waals surface area contributed by atoms with Crippen molar-refractivity contribution in [1.82, 2.24) is 14.9 Å². The lowest BCUT2D eigenvalue weighted by atomic mass is 9.91. The van der Waals surface area contributed by atoms with Crippen molar-refractivity contribution in [1.29, 1.82) is 0 Å². The molecule has 4 nitrogen and oxygen atoms in total. The number of nitrogens with one attached hydrogen (secondary N) is 1. The molecule has 0 fully saturated rings. The maximum Gasteiger partial charge on any atom is 0.251 e. The van der Waals surface area contributed by atoms with Gasteiger partial charge in [-0.15, -0.1) is 11.3 Å². The fourth-order valence-electron chi connectivity index (χ4n) is 3.25. The van der Waals surface area contributed by atoms with Gasteiger partial charge in [0.1, 0.15) is 0 Å². The van der Waals surface area contributed by atoms with Gasteiger partial charge in [0.25, 0.3) is 5.56 Å². The SMILES string of the molecule is Cc1nc(Cn2c3c(ccc2=O)CC(NC(C)C)CC3)cs1. The van der Waals surface area contributed by atoms with E-state index in [4.69, 9.17) is 0 Å². The van der Waals surface area contributed by atoms with E-state index < -0.39 is 0 Å². The van der Waals surface area contributed by atoms with Gasteiger partial charge in [-0.1, -0.05) is 19.9 Å². The van der Waals surface area contributed by atoms with E-state index in [1.807, 2.05) is 22.9 Å². The van der Waals surface area contributed by atoms with Crippen molar-refractivity contribution in [2.75, 3.05) is 0 Å². The van der Waals surface area contributed by atoms with Gasteiger partial charge in [-0.25, -0.2) is 4.98 Å². The summed E-state index contributed by atoms with van der Waals surface area (Å²) in [6, 6.07) is 4.72. The molecule has 0 saturated heterocycles. The molecule has 2 aromatic rings. The van der Waals surface area contributed by atoms with Gasteiger partial charge < -0.3 is 9.88 Å². The molecule has 0 bridgehead atoms. The summed E-state index contributed by atoms with van der Waals surface area (Å²) in [4.78, 5) is 16.8. The molecule has 5 heteroatoms. The molecule has 1 aliphatic rings. The summed E-state index contributed by atoms with van der Waals surface area (Å²) >= 11 is 1.64. The number of nitrogens with zero attached hydrogens (tertiary/aromatic N) is 2. The molecule has 0 amide bonds. The summed E-state index contributed by atoms with van der Waals surface area (Å²) in [6.45, 7) is 6.95. The third kappa shape index (κ3) is 3.31. The number of rotatable bonds is 4. The molecule has 0 saturated carbocycles. The molecule has 3 rings (SSSR count). The van der Waals surface area contributed by atoms with Gasteiger partial charge in [0.2, 0.25) is 0 Å². The molecular formula is C17H23N3OS. The minimum Gasteiger partial charge on any atom is -0.311 e. The molecule has 22 heavy (non-hydrogen) atoms. The van der Waals surface area contributed by atoms with Crippen LogP contribution in [0, 0.1) is 6.92 Å². The van der Waals surface area contributed by atoms with E-state index in [1.165, 1.54) is 11.3 Å². The zero-order valence-corrected chi connectivity index (χ0v) is 14.2. The second-order valence-corrected chi connectivity index (χ2v) is 7.41. The highest BCUT2D eigenvalue weighted by Crippen LogP contribution is 2.21. The monoisotopic (exact) mass is 317 g/mol. The Morgan fingerprint density at radius 2 is 2.27 bits per heavy atom. The normalized spacial score (nSPS) is 17.7. The van der Waals surface area contributed by atoms with E-state index in [0.717, 1.165) is 30.0 Å². The second kappa shape index (κ2) is 6.34. The van der Waals surface area contributed by atoms with Crippen LogP contribution in [0.1, 0.15) is 42.2 Å². The van der Waals surface area contributed by atoms with Crippen LogP contribution in [0.25, 0.3) is 0 Å². The van der Waals surface area contributed by atoms with Crippen LogP contribution in [0.15, 0.2) is 22.3 Å². The summed E-state index contributed by atoms with van der Waals surface area (Å²) in [6.07, 6.45) is 3.05. The van der Waals surface area contributed by atoms with Crippen LogP contribution in [0.5, 0.6) is 0 Å². The minimum atomic E-state index is 0.0830. The Morgan fingerprint density at radius 3 is 2.95 bits per heavy atom. The molecule has 1 atom stereocenters. The first kappa shape index (κ1) is 15.4. The van der Waals surface area contributed by atoms with Crippen LogP contribution >= 0.6 is 11.3 Å². The highest BCUT2D eigenvalue weighted by Gasteiger charge is 2.22. The molecule has 1 unspecified atom stereocenters. The first-order valence-electron chi connectivity index (χ1n) is 7.91. The molecule has 2 aromatic heterocycles. The first-order chi connectivity index (χ1) is 10.5. The van der Waals surface area contributed by atoms with Crippen molar-refractivity contribution < 1.29 is 0 Å². The predicted octanol–water partition coefficient (Wildman–Crippen LogP) is 2.52. The van der Waals surface area contributed by atoms with Crippen LogP contribution in [0.3, 0.4) is 0 Å². The highest BCUT2D eigenvalue weighted by atomic mass is 32.1. The van der Waals surface area contributed by atoms with Crippen molar-refractivity contribution in [2.45, 2.75) is 58.7 Å². The lowest BCUT2D eigenvalue weighted by Crippen LogP contribution is -2.40. The van der Waals surface area contributed by atoms with Gasteiger partial charge in [0, 0.05) is 29.2 Å². The van der Waals surface area contributed by atoms with Crippen molar-refractivity contribution in [3.05, 3.63) is 49.8 Å². The Balaban J connectivity index is 1.88. The minimum absolute atomic E-state index is 0.0830. The van der Waals surface area contributed by atoms with Crippen LogP contribution < -0.4 is 10.9 Å². The molecule has 1 aliphatic carbocycles. The van der Waals surface area contributed by atoms with E-state index in [9.17, 15) is 4.79 Å². The average Bonchev–Trinajstić information content (AvgIpc) is 2.87. The maximum atomic E-state index is 12.3. The Morgan fingerprint density at radius 1 is 1.45 bits per heavy atom. The molecule has 1 N–H and O–H groups in total. The fourth-order valence-corrected chi connectivity index (χ4v) is 3.86. The van der Waals surface area contributed by atoms with Gasteiger partial charge in [-0.3, -0.25) is 4.79 Å². The third-order valence-corrected chi connectivity index (χ3v) is 4.96. The van der Waals surface area contributed by atoms with Gasteiger partial charge in [-0.05, 0) is 31.7 Å². The largest absolute Gasteiger partial charge is 0.311 e. The molecule has 0 aromatic carbocycles. The standard InChI is InChI=1S/C17H23N3OS/c1-11(2)18-14-5-6-16-13(8-14)4-7-17(21)20(16)9-15-10-22-12(3)19-15/h4,7,10-11,14,18H,5-6,8-9H2,1-3H3. The number of aryl methyl sites for hydroxylation is 1. The molecule has 0 aliphatic heterocycles. The van der Waals surface area contributed by atoms with E-state index in [1.54, 1.807) is 17.4 Å². The van der Waals surface area contributed by atoms with E-state index in [0.29, 0.717) is 18.6 Å². The number of hydrogen-bond acceptors (Lipinski definition) is 4. The topological polar surface area (TPSA) is 46.9 Å². The average molecular weight is 317 g/mol. The summed E-state index contributed by atoms with van der Waals surface area (Å²) in [5, 5.41) is 6.71. The Bertz CT molecular complexity index is 717. The lowest BCUT2D eigenvalue weighted by molar-refractivity contribution is 0.411. The zero-order valence-electron chi connectivity index (χ0n) is 13.4. The Hall–Kier alpha value is -1.46. The van der Waals surface area contributed by atoms with E-state index in [-0.39, 0.29) is 5.56 Å². The van der Waals surface area contributed by atoms with Gasteiger partial charge >= 0.3 is 0 Å². The second-order valence-electron chi connectivity index (χ2n) is 6.35. The van der Waals surface area contributed by atoms with Gasteiger partial charge in [-0.2, -0.15) is 0 Å². The molecule has 2 heterocycles. The number of fused-ring (bicyclic) bond motifs is 1. The maximum absolute atomic E-state index is 12.3. The van der Waals surface area contributed by atoms with Crippen molar-refractivity contribution >= 4 is 11.3 Å². The molecule has 0 radical (unpaired) electrons. The zero-order chi connectivity index (χ0) is 15.7. The van der Waals surface area contributed by atoms with E-state index in [2.05, 4.69) is 24.1 Å². The third-order valence-electron chi connectivity index (χ3n) is 4.14. The number of hydrogen-bond donors (Lipinski definition) is 1. The van der Waals surface area contributed by atoms with Gasteiger partial charge in [0.15, 0.2) is 0 Å².